The van der Waals surface area contributed by atoms with Gasteiger partial charge in [-0.25, -0.2) is 0 Å². The molecule has 2 unspecified atom stereocenters. The normalized spacial score (nSPS) is 23.5. The molecule has 0 bridgehead atoms. The molecular weight excluding hydrogens is 194 g/mol. The monoisotopic (exact) mass is 215 g/mol. The summed E-state index contributed by atoms with van der Waals surface area (Å²) in [5.41, 5.74) is 0. The van der Waals surface area contributed by atoms with Gasteiger partial charge >= 0.3 is 5.97 Å². The van der Waals surface area contributed by atoms with Crippen molar-refractivity contribution < 1.29 is 14.3 Å². The molecule has 2 atom stereocenters. The molecule has 1 saturated heterocycles. The zero-order chi connectivity index (χ0) is 11.1. The van der Waals surface area contributed by atoms with Crippen LogP contribution in [0.25, 0.3) is 0 Å². The molecule has 1 N–H and O–H groups in total. The summed E-state index contributed by atoms with van der Waals surface area (Å²) in [5.74, 6) is 0.342. The molecule has 0 amide bonds. The summed E-state index contributed by atoms with van der Waals surface area (Å²) >= 11 is 0. The smallest absolute Gasteiger partial charge is 0.319 e. The second-order valence-corrected chi connectivity index (χ2v) is 3.95. The fourth-order valence-corrected chi connectivity index (χ4v) is 1.78. The number of nitrogens with one attached hydrogen (secondary N) is 1. The minimum absolute atomic E-state index is 0.180. The van der Waals surface area contributed by atoms with Gasteiger partial charge in [0.2, 0.25) is 0 Å². The predicted octanol–water partition coefficient (Wildman–Crippen LogP) is 0.954. The third kappa shape index (κ3) is 4.62. The van der Waals surface area contributed by atoms with Crippen LogP contribution >= 0.6 is 0 Å². The van der Waals surface area contributed by atoms with Crippen LogP contribution in [0.5, 0.6) is 0 Å². The van der Waals surface area contributed by atoms with Crippen LogP contribution in [-0.2, 0) is 14.3 Å². The summed E-state index contributed by atoms with van der Waals surface area (Å²) in [7, 11) is 0. The maximum Gasteiger partial charge on any atom is 0.319 e. The number of hydrogen-bond donors (Lipinski definition) is 1. The van der Waals surface area contributed by atoms with E-state index in [0.29, 0.717) is 25.1 Å². The molecule has 1 heterocycles. The highest BCUT2D eigenvalue weighted by atomic mass is 16.5. The zero-order valence-corrected chi connectivity index (χ0v) is 9.62. The van der Waals surface area contributed by atoms with E-state index in [1.807, 2.05) is 6.92 Å². The van der Waals surface area contributed by atoms with Crippen LogP contribution in [0.4, 0.5) is 0 Å². The topological polar surface area (TPSA) is 47.6 Å². The molecule has 0 spiro atoms. The molecule has 88 valence electrons. The molecule has 1 fully saturated rings. The molecule has 0 saturated carbocycles. The highest BCUT2D eigenvalue weighted by Crippen LogP contribution is 2.16. The van der Waals surface area contributed by atoms with Crippen LogP contribution in [0.2, 0.25) is 0 Å². The molecule has 15 heavy (non-hydrogen) atoms. The molecule has 4 heteroatoms. The maximum absolute atomic E-state index is 11.1. The van der Waals surface area contributed by atoms with E-state index in [1.54, 1.807) is 0 Å². The van der Waals surface area contributed by atoms with Gasteiger partial charge in [-0.1, -0.05) is 0 Å². The first-order valence-electron chi connectivity index (χ1n) is 5.70. The van der Waals surface area contributed by atoms with Crippen LogP contribution in [0.1, 0.15) is 26.7 Å². The molecule has 0 aromatic carbocycles. The summed E-state index contributed by atoms with van der Waals surface area (Å²) in [6.45, 7) is 6.33. The number of carbonyl (C=O) groups excluding carboxylic acids is 1. The minimum Gasteiger partial charge on any atom is -0.465 e. The van der Waals surface area contributed by atoms with Crippen molar-refractivity contribution >= 4 is 5.97 Å². The van der Waals surface area contributed by atoms with Gasteiger partial charge in [0, 0.05) is 12.6 Å². The van der Waals surface area contributed by atoms with Crippen molar-refractivity contribution in [3.63, 3.8) is 0 Å². The van der Waals surface area contributed by atoms with Crippen LogP contribution < -0.4 is 5.32 Å². The van der Waals surface area contributed by atoms with E-state index in [0.717, 1.165) is 19.6 Å². The van der Waals surface area contributed by atoms with Crippen molar-refractivity contribution in [2.45, 2.75) is 32.7 Å². The molecule has 0 radical (unpaired) electrons. The molecule has 0 aromatic rings. The number of hydrogen-bond acceptors (Lipinski definition) is 4. The third-order valence-electron chi connectivity index (χ3n) is 2.78. The highest BCUT2D eigenvalue weighted by Gasteiger charge is 2.20. The minimum atomic E-state index is -0.180. The first-order chi connectivity index (χ1) is 7.24. The zero-order valence-electron chi connectivity index (χ0n) is 9.62. The third-order valence-corrected chi connectivity index (χ3v) is 2.78. The van der Waals surface area contributed by atoms with Crippen LogP contribution in [-0.4, -0.2) is 38.4 Å². The van der Waals surface area contributed by atoms with E-state index in [-0.39, 0.29) is 5.97 Å². The van der Waals surface area contributed by atoms with E-state index in [4.69, 9.17) is 9.47 Å². The molecular formula is C11H21NO3. The standard InChI is InChI=1S/C11H21NO3/c1-3-15-11(13)7-12-9(2)10-5-4-6-14-8-10/h9-10,12H,3-8H2,1-2H3. The summed E-state index contributed by atoms with van der Waals surface area (Å²) in [4.78, 5) is 11.1. The Kier molecular flexibility index (Phi) is 5.65. The Morgan fingerprint density at radius 3 is 3.07 bits per heavy atom. The first kappa shape index (κ1) is 12.5. The van der Waals surface area contributed by atoms with E-state index in [1.165, 1.54) is 6.42 Å². The van der Waals surface area contributed by atoms with Gasteiger partial charge in [-0.3, -0.25) is 4.79 Å². The lowest BCUT2D eigenvalue weighted by Crippen LogP contribution is -2.40. The van der Waals surface area contributed by atoms with E-state index in [2.05, 4.69) is 12.2 Å². The Bertz CT molecular complexity index is 190. The van der Waals surface area contributed by atoms with E-state index < -0.39 is 0 Å². The molecule has 0 aromatic heterocycles. The van der Waals surface area contributed by atoms with Crippen molar-refractivity contribution in [3.05, 3.63) is 0 Å². The van der Waals surface area contributed by atoms with Gasteiger partial charge in [0.05, 0.1) is 19.8 Å². The fraction of sp³-hybridized carbons (Fsp3) is 0.909. The van der Waals surface area contributed by atoms with Gasteiger partial charge in [0.15, 0.2) is 0 Å². The average Bonchev–Trinajstić information content (AvgIpc) is 2.27. The summed E-state index contributed by atoms with van der Waals surface area (Å²) in [6.07, 6.45) is 2.30. The average molecular weight is 215 g/mol. The Hall–Kier alpha value is -0.610. The predicted molar refractivity (Wildman–Crippen MR) is 57.6 cm³/mol. The number of rotatable bonds is 5. The molecule has 1 aliphatic heterocycles. The summed E-state index contributed by atoms with van der Waals surface area (Å²) in [6, 6.07) is 0.315. The summed E-state index contributed by atoms with van der Waals surface area (Å²) < 4.78 is 10.2. The number of ether oxygens (including phenoxy) is 2. The fourth-order valence-electron chi connectivity index (χ4n) is 1.78. The Morgan fingerprint density at radius 2 is 2.47 bits per heavy atom. The van der Waals surface area contributed by atoms with E-state index >= 15 is 0 Å². The molecule has 4 nitrogen and oxygen atoms in total. The maximum atomic E-state index is 11.1. The number of esters is 1. The van der Waals surface area contributed by atoms with Crippen molar-refractivity contribution in [2.75, 3.05) is 26.4 Å². The van der Waals surface area contributed by atoms with Gasteiger partial charge in [0.25, 0.3) is 0 Å². The second kappa shape index (κ2) is 6.80. The van der Waals surface area contributed by atoms with Crippen LogP contribution in [0, 0.1) is 5.92 Å². The van der Waals surface area contributed by atoms with Crippen molar-refractivity contribution in [1.82, 2.24) is 5.32 Å². The lowest BCUT2D eigenvalue weighted by atomic mass is 9.95. The van der Waals surface area contributed by atoms with Crippen LogP contribution in [0.15, 0.2) is 0 Å². The molecule has 0 aliphatic carbocycles. The lowest BCUT2D eigenvalue weighted by Gasteiger charge is -2.28. The first-order valence-corrected chi connectivity index (χ1v) is 5.70. The molecule has 1 rings (SSSR count). The van der Waals surface area contributed by atoms with Gasteiger partial charge in [-0.05, 0) is 32.6 Å². The molecule has 1 aliphatic rings. The Labute approximate surface area is 91.3 Å². The van der Waals surface area contributed by atoms with Crippen molar-refractivity contribution in [3.8, 4) is 0 Å². The highest BCUT2D eigenvalue weighted by molar-refractivity contribution is 5.71. The van der Waals surface area contributed by atoms with Gasteiger partial charge in [0.1, 0.15) is 0 Å². The van der Waals surface area contributed by atoms with Crippen molar-refractivity contribution in [1.29, 1.82) is 0 Å². The lowest BCUT2D eigenvalue weighted by molar-refractivity contribution is -0.142. The second-order valence-electron chi connectivity index (χ2n) is 3.95. The quantitative estimate of drug-likeness (QED) is 0.694. The van der Waals surface area contributed by atoms with Gasteiger partial charge in [-0.15, -0.1) is 0 Å². The largest absolute Gasteiger partial charge is 0.465 e. The van der Waals surface area contributed by atoms with E-state index in [9.17, 15) is 4.79 Å². The Balaban J connectivity index is 2.16. The summed E-state index contributed by atoms with van der Waals surface area (Å²) in [5, 5.41) is 3.18. The van der Waals surface area contributed by atoms with Gasteiger partial charge < -0.3 is 14.8 Å². The van der Waals surface area contributed by atoms with Crippen LogP contribution in [0.3, 0.4) is 0 Å². The Morgan fingerprint density at radius 1 is 1.67 bits per heavy atom. The van der Waals surface area contributed by atoms with Crippen molar-refractivity contribution in [2.24, 2.45) is 5.92 Å². The SMILES string of the molecule is CCOC(=O)CNC(C)C1CCCOC1. The number of carbonyl (C=O) groups is 1. The van der Waals surface area contributed by atoms with Gasteiger partial charge in [-0.2, -0.15) is 0 Å².